The van der Waals surface area contributed by atoms with E-state index in [1.165, 1.54) is 0 Å². The molecular weight excluding hydrogens is 304 g/mol. The predicted octanol–water partition coefficient (Wildman–Crippen LogP) is 3.00. The SMILES string of the molecule is CN1C(=O)CCOc2ccc(NC(=O)CCc3ccccc3)cc21. The van der Waals surface area contributed by atoms with Crippen molar-refractivity contribution in [2.45, 2.75) is 19.3 Å². The highest BCUT2D eigenvalue weighted by molar-refractivity contribution is 5.97. The molecule has 1 aliphatic heterocycles. The van der Waals surface area contributed by atoms with E-state index in [-0.39, 0.29) is 11.8 Å². The summed E-state index contributed by atoms with van der Waals surface area (Å²) in [5.74, 6) is 0.606. The van der Waals surface area contributed by atoms with Crippen LogP contribution in [-0.2, 0) is 16.0 Å². The standard InChI is InChI=1S/C19H20N2O3/c1-21-16-13-15(8-9-17(16)24-12-11-19(21)23)20-18(22)10-7-14-5-3-2-4-6-14/h2-6,8-9,13H,7,10-12H2,1H3,(H,20,22). The number of rotatable bonds is 4. The second kappa shape index (κ2) is 7.17. The molecule has 2 amide bonds. The Morgan fingerprint density at radius 2 is 2.00 bits per heavy atom. The number of fused-ring (bicyclic) bond motifs is 1. The van der Waals surface area contributed by atoms with Crippen molar-refractivity contribution in [3.63, 3.8) is 0 Å². The quantitative estimate of drug-likeness (QED) is 0.940. The van der Waals surface area contributed by atoms with Crippen molar-refractivity contribution < 1.29 is 14.3 Å². The molecule has 24 heavy (non-hydrogen) atoms. The highest BCUT2D eigenvalue weighted by Crippen LogP contribution is 2.33. The zero-order valence-corrected chi connectivity index (χ0v) is 13.6. The molecule has 0 bridgehead atoms. The summed E-state index contributed by atoms with van der Waals surface area (Å²) in [5, 5.41) is 2.89. The molecule has 5 nitrogen and oxygen atoms in total. The van der Waals surface area contributed by atoms with E-state index >= 15 is 0 Å². The van der Waals surface area contributed by atoms with E-state index in [1.54, 1.807) is 30.1 Å². The van der Waals surface area contributed by atoms with Crippen molar-refractivity contribution in [2.24, 2.45) is 0 Å². The number of nitrogens with one attached hydrogen (secondary N) is 1. The van der Waals surface area contributed by atoms with Crippen LogP contribution < -0.4 is 15.0 Å². The van der Waals surface area contributed by atoms with Gasteiger partial charge in [0.05, 0.1) is 18.7 Å². The van der Waals surface area contributed by atoms with E-state index in [0.29, 0.717) is 43.0 Å². The Labute approximate surface area is 141 Å². The van der Waals surface area contributed by atoms with Crippen molar-refractivity contribution in [3.8, 4) is 5.75 Å². The van der Waals surface area contributed by atoms with Gasteiger partial charge in [0.25, 0.3) is 0 Å². The average molecular weight is 324 g/mol. The monoisotopic (exact) mass is 324 g/mol. The highest BCUT2D eigenvalue weighted by Gasteiger charge is 2.20. The molecule has 1 aliphatic rings. The number of nitrogens with zero attached hydrogens (tertiary/aromatic N) is 1. The molecule has 0 saturated carbocycles. The maximum Gasteiger partial charge on any atom is 0.230 e. The number of anilines is 2. The summed E-state index contributed by atoms with van der Waals surface area (Å²) in [6.45, 7) is 0.374. The van der Waals surface area contributed by atoms with Crippen LogP contribution in [0.15, 0.2) is 48.5 Å². The van der Waals surface area contributed by atoms with Gasteiger partial charge in [-0.15, -0.1) is 0 Å². The number of aryl methyl sites for hydroxylation is 1. The average Bonchev–Trinajstić information content (AvgIpc) is 2.74. The third-order valence-corrected chi connectivity index (χ3v) is 4.04. The molecule has 124 valence electrons. The molecule has 2 aromatic carbocycles. The smallest absolute Gasteiger partial charge is 0.230 e. The van der Waals surface area contributed by atoms with Crippen LogP contribution in [0.3, 0.4) is 0 Å². The number of ether oxygens (including phenoxy) is 1. The molecule has 1 N–H and O–H groups in total. The van der Waals surface area contributed by atoms with Crippen LogP contribution in [0.5, 0.6) is 5.75 Å². The van der Waals surface area contributed by atoms with Gasteiger partial charge in [-0.1, -0.05) is 30.3 Å². The van der Waals surface area contributed by atoms with Crippen LogP contribution in [0.4, 0.5) is 11.4 Å². The van der Waals surface area contributed by atoms with E-state index in [9.17, 15) is 9.59 Å². The lowest BCUT2D eigenvalue weighted by atomic mass is 10.1. The lowest BCUT2D eigenvalue weighted by Gasteiger charge is -2.17. The van der Waals surface area contributed by atoms with E-state index < -0.39 is 0 Å². The fourth-order valence-electron chi connectivity index (χ4n) is 2.66. The zero-order chi connectivity index (χ0) is 16.9. The lowest BCUT2D eigenvalue weighted by molar-refractivity contribution is -0.118. The maximum atomic E-state index is 12.1. The Balaban J connectivity index is 1.66. The minimum atomic E-state index is -0.0534. The summed E-state index contributed by atoms with van der Waals surface area (Å²) in [5.41, 5.74) is 2.48. The number of hydrogen-bond acceptors (Lipinski definition) is 3. The zero-order valence-electron chi connectivity index (χ0n) is 13.6. The van der Waals surface area contributed by atoms with Gasteiger partial charge in [0, 0.05) is 19.2 Å². The first-order chi connectivity index (χ1) is 11.6. The van der Waals surface area contributed by atoms with E-state index in [4.69, 9.17) is 4.74 Å². The van der Waals surface area contributed by atoms with Crippen LogP contribution in [0, 0.1) is 0 Å². The predicted molar refractivity (Wildman–Crippen MR) is 93.4 cm³/mol. The van der Waals surface area contributed by atoms with E-state index in [2.05, 4.69) is 5.32 Å². The van der Waals surface area contributed by atoms with Crippen LogP contribution in [0.2, 0.25) is 0 Å². The van der Waals surface area contributed by atoms with Gasteiger partial charge in [0.2, 0.25) is 11.8 Å². The number of carbonyl (C=O) groups excluding carboxylic acids is 2. The maximum absolute atomic E-state index is 12.1. The molecule has 0 aliphatic carbocycles. The second-order valence-electron chi connectivity index (χ2n) is 5.77. The Hall–Kier alpha value is -2.82. The minimum absolute atomic E-state index is 0.00121. The minimum Gasteiger partial charge on any atom is -0.491 e. The molecule has 0 spiro atoms. The molecule has 0 saturated heterocycles. The first kappa shape index (κ1) is 16.1. The van der Waals surface area contributed by atoms with E-state index in [0.717, 1.165) is 5.56 Å². The van der Waals surface area contributed by atoms with Crippen LogP contribution in [-0.4, -0.2) is 25.5 Å². The van der Waals surface area contributed by atoms with Crippen LogP contribution in [0.25, 0.3) is 0 Å². The summed E-state index contributed by atoms with van der Waals surface area (Å²) in [4.78, 5) is 25.6. The topological polar surface area (TPSA) is 58.6 Å². The third kappa shape index (κ3) is 3.74. The van der Waals surface area contributed by atoms with Gasteiger partial charge in [-0.05, 0) is 30.2 Å². The van der Waals surface area contributed by atoms with Crippen molar-refractivity contribution >= 4 is 23.2 Å². The summed E-state index contributed by atoms with van der Waals surface area (Å²) in [6, 6.07) is 15.3. The van der Waals surface area contributed by atoms with Gasteiger partial charge in [0.1, 0.15) is 5.75 Å². The first-order valence-electron chi connectivity index (χ1n) is 8.00. The highest BCUT2D eigenvalue weighted by atomic mass is 16.5. The molecular formula is C19H20N2O3. The summed E-state index contributed by atoms with van der Waals surface area (Å²) >= 11 is 0. The van der Waals surface area contributed by atoms with Crippen LogP contribution >= 0.6 is 0 Å². The molecule has 0 atom stereocenters. The second-order valence-corrected chi connectivity index (χ2v) is 5.77. The summed E-state index contributed by atoms with van der Waals surface area (Å²) < 4.78 is 5.58. The number of hydrogen-bond donors (Lipinski definition) is 1. The van der Waals surface area contributed by atoms with Gasteiger partial charge >= 0.3 is 0 Å². The Morgan fingerprint density at radius 1 is 1.21 bits per heavy atom. The van der Waals surface area contributed by atoms with E-state index in [1.807, 2.05) is 30.3 Å². The molecule has 5 heteroatoms. The van der Waals surface area contributed by atoms with Gasteiger partial charge in [0.15, 0.2) is 0 Å². The molecule has 0 fully saturated rings. The van der Waals surface area contributed by atoms with Crippen molar-refractivity contribution in [3.05, 3.63) is 54.1 Å². The Morgan fingerprint density at radius 3 is 2.79 bits per heavy atom. The molecule has 0 radical (unpaired) electrons. The molecule has 2 aromatic rings. The van der Waals surface area contributed by atoms with Gasteiger partial charge < -0.3 is 15.0 Å². The van der Waals surface area contributed by atoms with Crippen molar-refractivity contribution in [1.82, 2.24) is 0 Å². The van der Waals surface area contributed by atoms with Gasteiger partial charge in [-0.25, -0.2) is 0 Å². The molecule has 0 unspecified atom stereocenters. The lowest BCUT2D eigenvalue weighted by Crippen LogP contribution is -2.25. The Kier molecular flexibility index (Phi) is 4.79. The summed E-state index contributed by atoms with van der Waals surface area (Å²) in [6.07, 6.45) is 1.45. The molecule has 1 heterocycles. The normalized spacial score (nSPS) is 13.7. The van der Waals surface area contributed by atoms with Crippen molar-refractivity contribution in [1.29, 1.82) is 0 Å². The fourth-order valence-corrected chi connectivity index (χ4v) is 2.66. The molecule has 0 aromatic heterocycles. The number of benzene rings is 2. The number of amides is 2. The fraction of sp³-hybridized carbons (Fsp3) is 0.263. The van der Waals surface area contributed by atoms with Gasteiger partial charge in [-0.3, -0.25) is 9.59 Å². The third-order valence-electron chi connectivity index (χ3n) is 4.04. The van der Waals surface area contributed by atoms with Crippen molar-refractivity contribution in [2.75, 3.05) is 23.9 Å². The number of carbonyl (C=O) groups is 2. The van der Waals surface area contributed by atoms with Crippen LogP contribution in [0.1, 0.15) is 18.4 Å². The molecule has 3 rings (SSSR count). The summed E-state index contributed by atoms with van der Waals surface area (Å²) in [7, 11) is 1.72. The largest absolute Gasteiger partial charge is 0.491 e. The first-order valence-corrected chi connectivity index (χ1v) is 8.00. The van der Waals surface area contributed by atoms with Gasteiger partial charge in [-0.2, -0.15) is 0 Å². The Bertz CT molecular complexity index is 744.